The first kappa shape index (κ1) is 15.6. The number of hydrogen-bond acceptors (Lipinski definition) is 1. The topological polar surface area (TPSA) is 27.6 Å². The first-order valence-electron chi connectivity index (χ1n) is 7.94. The highest BCUT2D eigenvalue weighted by atomic mass is 15.3. The van der Waals surface area contributed by atoms with Crippen molar-refractivity contribution in [2.45, 2.75) is 38.1 Å². The molecule has 0 spiro atoms. The molecule has 1 fully saturated rings. The molecule has 1 aliphatic rings. The summed E-state index contributed by atoms with van der Waals surface area (Å²) in [5.74, 6) is 1.67. The smallest absolute Gasteiger partial charge is 0.193 e. The second-order valence-electron chi connectivity index (χ2n) is 5.65. The fraction of sp³-hybridized carbons (Fsp3) is 0.500. The second kappa shape index (κ2) is 7.87. The van der Waals surface area contributed by atoms with Crippen molar-refractivity contribution >= 4 is 5.96 Å². The van der Waals surface area contributed by atoms with Crippen molar-refractivity contribution in [2.24, 2.45) is 4.99 Å². The van der Waals surface area contributed by atoms with Crippen LogP contribution < -0.4 is 5.32 Å². The predicted octanol–water partition coefficient (Wildman–Crippen LogP) is 3.41. The van der Waals surface area contributed by atoms with Crippen molar-refractivity contribution in [1.29, 1.82) is 0 Å². The van der Waals surface area contributed by atoms with Gasteiger partial charge in [-0.25, -0.2) is 0 Å². The predicted molar refractivity (Wildman–Crippen MR) is 90.8 cm³/mol. The Kier molecular flexibility index (Phi) is 5.85. The molecule has 0 amide bonds. The highest BCUT2D eigenvalue weighted by Crippen LogP contribution is 2.40. The fourth-order valence-electron chi connectivity index (χ4n) is 2.59. The van der Waals surface area contributed by atoms with Gasteiger partial charge in [-0.3, -0.25) is 4.99 Å². The van der Waals surface area contributed by atoms with Crippen LogP contribution in [0.4, 0.5) is 0 Å². The van der Waals surface area contributed by atoms with Gasteiger partial charge >= 0.3 is 0 Å². The molecule has 1 aliphatic carbocycles. The zero-order chi connectivity index (χ0) is 15.1. The minimum Gasteiger partial charge on any atom is -0.353 e. The SMILES string of the molecule is C=CCCCN(C)C(=NCC)NC1CC1c1ccccc1. The second-order valence-corrected chi connectivity index (χ2v) is 5.65. The van der Waals surface area contributed by atoms with Crippen molar-refractivity contribution in [3.05, 3.63) is 48.6 Å². The third-order valence-corrected chi connectivity index (χ3v) is 3.90. The van der Waals surface area contributed by atoms with E-state index in [2.05, 4.69) is 66.1 Å². The monoisotopic (exact) mass is 285 g/mol. The lowest BCUT2D eigenvalue weighted by molar-refractivity contribution is 0.467. The van der Waals surface area contributed by atoms with Crippen molar-refractivity contribution in [1.82, 2.24) is 10.2 Å². The average molecular weight is 285 g/mol. The molecule has 1 N–H and O–H groups in total. The zero-order valence-electron chi connectivity index (χ0n) is 13.3. The van der Waals surface area contributed by atoms with Gasteiger partial charge in [0.1, 0.15) is 0 Å². The molecule has 21 heavy (non-hydrogen) atoms. The average Bonchev–Trinajstić information content (AvgIpc) is 3.27. The molecule has 3 nitrogen and oxygen atoms in total. The molecular weight excluding hydrogens is 258 g/mol. The van der Waals surface area contributed by atoms with E-state index >= 15 is 0 Å². The summed E-state index contributed by atoms with van der Waals surface area (Å²) in [5.41, 5.74) is 1.43. The molecule has 0 heterocycles. The molecule has 0 aliphatic heterocycles. The molecule has 2 unspecified atom stereocenters. The number of aliphatic imine (C=N–C) groups is 1. The molecule has 2 rings (SSSR count). The lowest BCUT2D eigenvalue weighted by Gasteiger charge is -2.22. The van der Waals surface area contributed by atoms with E-state index in [1.165, 1.54) is 12.0 Å². The summed E-state index contributed by atoms with van der Waals surface area (Å²) >= 11 is 0. The van der Waals surface area contributed by atoms with Crippen LogP contribution in [0.3, 0.4) is 0 Å². The number of nitrogens with zero attached hydrogens (tertiary/aromatic N) is 2. The van der Waals surface area contributed by atoms with E-state index in [4.69, 9.17) is 0 Å². The highest BCUT2D eigenvalue weighted by Gasteiger charge is 2.39. The van der Waals surface area contributed by atoms with Crippen LogP contribution in [-0.2, 0) is 0 Å². The number of nitrogens with one attached hydrogen (secondary N) is 1. The lowest BCUT2D eigenvalue weighted by atomic mass is 10.1. The normalized spacial score (nSPS) is 21.0. The Balaban J connectivity index is 1.87. The lowest BCUT2D eigenvalue weighted by Crippen LogP contribution is -2.41. The quantitative estimate of drug-likeness (QED) is 0.360. The van der Waals surface area contributed by atoms with Gasteiger partial charge in [-0.2, -0.15) is 0 Å². The molecule has 114 valence electrons. The standard InChI is InChI=1S/C18H27N3/c1-4-6-10-13-21(3)18(19-5-2)20-17-14-16(17)15-11-8-7-9-12-15/h4,7-9,11-12,16-17H,1,5-6,10,13-14H2,2-3H3,(H,19,20). The van der Waals surface area contributed by atoms with Crippen molar-refractivity contribution < 1.29 is 0 Å². The first-order chi connectivity index (χ1) is 10.3. The van der Waals surface area contributed by atoms with Crippen LogP contribution in [0.25, 0.3) is 0 Å². The van der Waals surface area contributed by atoms with Crippen LogP contribution in [0.15, 0.2) is 48.0 Å². The Bertz CT molecular complexity index is 467. The van der Waals surface area contributed by atoms with Gasteiger partial charge in [0.05, 0.1) is 0 Å². The van der Waals surface area contributed by atoms with Gasteiger partial charge in [0.15, 0.2) is 5.96 Å². The molecule has 0 bridgehead atoms. The number of guanidine groups is 1. The number of allylic oxidation sites excluding steroid dienone is 1. The molecule has 1 saturated carbocycles. The van der Waals surface area contributed by atoms with E-state index in [1.807, 2.05) is 6.08 Å². The Labute approximate surface area is 128 Å². The van der Waals surface area contributed by atoms with Crippen molar-refractivity contribution in [3.8, 4) is 0 Å². The van der Waals surface area contributed by atoms with Gasteiger partial charge in [-0.1, -0.05) is 36.4 Å². The van der Waals surface area contributed by atoms with Gasteiger partial charge in [0, 0.05) is 32.1 Å². The minimum absolute atomic E-state index is 0.527. The van der Waals surface area contributed by atoms with Gasteiger partial charge in [0.25, 0.3) is 0 Å². The maximum absolute atomic E-state index is 4.62. The summed E-state index contributed by atoms with van der Waals surface area (Å²) in [6.45, 7) is 7.69. The van der Waals surface area contributed by atoms with Gasteiger partial charge < -0.3 is 10.2 Å². The largest absolute Gasteiger partial charge is 0.353 e. The van der Waals surface area contributed by atoms with Crippen LogP contribution in [0.5, 0.6) is 0 Å². The molecular formula is C18H27N3. The fourth-order valence-corrected chi connectivity index (χ4v) is 2.59. The Morgan fingerprint density at radius 1 is 1.43 bits per heavy atom. The summed E-state index contributed by atoms with van der Waals surface area (Å²) in [5, 5.41) is 3.62. The van der Waals surface area contributed by atoms with Gasteiger partial charge in [0.2, 0.25) is 0 Å². The van der Waals surface area contributed by atoms with Crippen molar-refractivity contribution in [2.75, 3.05) is 20.1 Å². The van der Waals surface area contributed by atoms with Crippen LogP contribution in [-0.4, -0.2) is 37.0 Å². The van der Waals surface area contributed by atoms with E-state index in [0.29, 0.717) is 12.0 Å². The molecule has 0 radical (unpaired) electrons. The van der Waals surface area contributed by atoms with E-state index < -0.39 is 0 Å². The molecule has 3 heteroatoms. The molecule has 1 aromatic carbocycles. The Morgan fingerprint density at radius 3 is 2.86 bits per heavy atom. The summed E-state index contributed by atoms with van der Waals surface area (Å²) in [4.78, 5) is 6.85. The van der Waals surface area contributed by atoms with Gasteiger partial charge in [-0.05, 0) is 31.7 Å². The Hall–Kier alpha value is -1.77. The number of rotatable bonds is 7. The molecule has 2 atom stereocenters. The van der Waals surface area contributed by atoms with Crippen LogP contribution in [0, 0.1) is 0 Å². The molecule has 0 saturated heterocycles. The summed E-state index contributed by atoms with van der Waals surface area (Å²) in [6, 6.07) is 11.3. The maximum Gasteiger partial charge on any atom is 0.193 e. The van der Waals surface area contributed by atoms with Crippen LogP contribution >= 0.6 is 0 Å². The summed E-state index contributed by atoms with van der Waals surface area (Å²) in [6.07, 6.45) is 5.36. The van der Waals surface area contributed by atoms with Crippen LogP contribution in [0.1, 0.15) is 37.7 Å². The third kappa shape index (κ3) is 4.62. The van der Waals surface area contributed by atoms with Crippen LogP contribution in [0.2, 0.25) is 0 Å². The van der Waals surface area contributed by atoms with E-state index in [9.17, 15) is 0 Å². The van der Waals surface area contributed by atoms with E-state index in [1.54, 1.807) is 0 Å². The molecule has 0 aromatic heterocycles. The number of benzene rings is 1. The van der Waals surface area contributed by atoms with Crippen molar-refractivity contribution in [3.63, 3.8) is 0 Å². The number of hydrogen-bond donors (Lipinski definition) is 1. The summed E-state index contributed by atoms with van der Waals surface area (Å²) < 4.78 is 0. The Morgan fingerprint density at radius 2 is 2.19 bits per heavy atom. The molecule has 1 aromatic rings. The third-order valence-electron chi connectivity index (χ3n) is 3.90. The highest BCUT2D eigenvalue weighted by molar-refractivity contribution is 5.80. The van der Waals surface area contributed by atoms with E-state index in [0.717, 1.165) is 31.9 Å². The minimum atomic E-state index is 0.527. The summed E-state index contributed by atoms with van der Waals surface area (Å²) in [7, 11) is 2.12. The first-order valence-corrected chi connectivity index (χ1v) is 7.94. The van der Waals surface area contributed by atoms with Gasteiger partial charge in [-0.15, -0.1) is 6.58 Å². The maximum atomic E-state index is 4.62. The number of unbranched alkanes of at least 4 members (excludes halogenated alkanes) is 1. The van der Waals surface area contributed by atoms with E-state index in [-0.39, 0.29) is 0 Å². The zero-order valence-corrected chi connectivity index (χ0v) is 13.3.